The van der Waals surface area contributed by atoms with Crippen LogP contribution in [0.1, 0.15) is 28.5 Å². The lowest BCUT2D eigenvalue weighted by Crippen LogP contribution is -2.31. The number of aromatic nitrogens is 4. The van der Waals surface area contributed by atoms with Gasteiger partial charge in [-0.05, 0) is 6.42 Å². The minimum absolute atomic E-state index is 0.0887. The van der Waals surface area contributed by atoms with Crippen LogP contribution in [0.3, 0.4) is 0 Å². The third kappa shape index (κ3) is 3.54. The summed E-state index contributed by atoms with van der Waals surface area (Å²) in [5, 5.41) is 5.20. The van der Waals surface area contributed by atoms with Gasteiger partial charge in [0.15, 0.2) is 4.96 Å². The normalized spacial score (nSPS) is 16.9. The molecule has 1 N–H and O–H groups in total. The minimum atomic E-state index is -0.0887. The highest BCUT2D eigenvalue weighted by atomic mass is 32.1. The summed E-state index contributed by atoms with van der Waals surface area (Å²) in [4.78, 5) is 27.9. The maximum atomic E-state index is 12.5. The number of fused-ring (bicyclic) bond motifs is 1. The minimum Gasteiger partial charge on any atom is -0.381 e. The predicted molar refractivity (Wildman–Crippen MR) is 98.7 cm³/mol. The Morgan fingerprint density at radius 1 is 1.50 bits per heavy atom. The Morgan fingerprint density at radius 2 is 2.42 bits per heavy atom. The highest BCUT2D eigenvalue weighted by Gasteiger charge is 2.19. The molecule has 8 nitrogen and oxygen atoms in total. The quantitative estimate of drug-likeness (QED) is 0.711. The molecule has 1 aliphatic heterocycles. The van der Waals surface area contributed by atoms with Crippen molar-refractivity contribution < 1.29 is 9.53 Å². The molecule has 9 heteroatoms. The first kappa shape index (κ1) is 16.9. The Hall–Kier alpha value is -2.52. The fourth-order valence-corrected chi connectivity index (χ4v) is 3.64. The van der Waals surface area contributed by atoms with Gasteiger partial charge in [-0.1, -0.05) is 0 Å². The molecule has 0 aromatic carbocycles. The van der Waals surface area contributed by atoms with Crippen molar-refractivity contribution in [1.29, 1.82) is 0 Å². The van der Waals surface area contributed by atoms with Crippen LogP contribution in [-0.4, -0.2) is 63.5 Å². The Labute approximate surface area is 154 Å². The van der Waals surface area contributed by atoms with Crippen molar-refractivity contribution in [3.05, 3.63) is 41.6 Å². The Morgan fingerprint density at radius 3 is 3.23 bits per heavy atom. The first-order chi connectivity index (χ1) is 12.7. The summed E-state index contributed by atoms with van der Waals surface area (Å²) in [6.45, 7) is 2.66. The summed E-state index contributed by atoms with van der Waals surface area (Å²) in [6.07, 6.45) is 6.23. The van der Waals surface area contributed by atoms with Gasteiger partial charge in [-0.25, -0.2) is 15.0 Å². The van der Waals surface area contributed by atoms with E-state index >= 15 is 0 Å². The van der Waals surface area contributed by atoms with Crippen LogP contribution in [0.2, 0.25) is 0 Å². The predicted octanol–water partition coefficient (Wildman–Crippen LogP) is 1.87. The van der Waals surface area contributed by atoms with E-state index in [2.05, 4.69) is 20.3 Å². The monoisotopic (exact) mass is 372 g/mol. The van der Waals surface area contributed by atoms with E-state index in [4.69, 9.17) is 4.74 Å². The molecule has 1 amide bonds. The first-order valence-corrected chi connectivity index (χ1v) is 9.40. The van der Waals surface area contributed by atoms with Gasteiger partial charge in [0, 0.05) is 56.5 Å². The first-order valence-electron chi connectivity index (χ1n) is 8.52. The number of thiazole rings is 1. The highest BCUT2D eigenvalue weighted by Crippen LogP contribution is 2.24. The highest BCUT2D eigenvalue weighted by molar-refractivity contribution is 7.15. The number of imidazole rings is 1. The van der Waals surface area contributed by atoms with E-state index in [1.54, 1.807) is 24.5 Å². The van der Waals surface area contributed by atoms with E-state index in [0.29, 0.717) is 24.7 Å². The van der Waals surface area contributed by atoms with Crippen LogP contribution < -0.4 is 5.32 Å². The standard InChI is InChI=1S/C17H20N6O2S/c1-22(16(24)14-9-23-5-7-26-17(23)21-14)4-3-18-15-8-13(19-11-20-15)12-2-6-25-10-12/h5,7-9,11-12H,2-4,6,10H2,1H3,(H,18,19,20)/t12-/m1/s1. The van der Waals surface area contributed by atoms with Gasteiger partial charge < -0.3 is 15.0 Å². The summed E-state index contributed by atoms with van der Waals surface area (Å²) in [5.74, 6) is 1.03. The summed E-state index contributed by atoms with van der Waals surface area (Å²) >= 11 is 1.51. The molecule has 4 heterocycles. The molecular formula is C17H20N6O2S. The molecule has 3 aromatic heterocycles. The lowest BCUT2D eigenvalue weighted by atomic mass is 10.1. The van der Waals surface area contributed by atoms with Gasteiger partial charge in [0.05, 0.1) is 12.3 Å². The number of anilines is 1. The number of hydrogen-bond donors (Lipinski definition) is 1. The second-order valence-electron chi connectivity index (χ2n) is 6.26. The van der Waals surface area contributed by atoms with Crippen molar-refractivity contribution in [3.8, 4) is 0 Å². The molecule has 0 aliphatic carbocycles. The van der Waals surface area contributed by atoms with Gasteiger partial charge in [-0.3, -0.25) is 9.20 Å². The maximum Gasteiger partial charge on any atom is 0.273 e. The average Bonchev–Trinajstić information content (AvgIpc) is 3.38. The number of amides is 1. The molecule has 0 spiro atoms. The molecule has 26 heavy (non-hydrogen) atoms. The van der Waals surface area contributed by atoms with Gasteiger partial charge in [0.1, 0.15) is 17.8 Å². The lowest BCUT2D eigenvalue weighted by Gasteiger charge is -2.16. The number of ether oxygens (including phenoxy) is 1. The van der Waals surface area contributed by atoms with Crippen LogP contribution in [0, 0.1) is 0 Å². The molecule has 0 unspecified atom stereocenters. The van der Waals surface area contributed by atoms with Crippen LogP contribution in [0.25, 0.3) is 4.96 Å². The Kier molecular flexibility index (Phi) is 4.81. The van der Waals surface area contributed by atoms with E-state index in [1.807, 2.05) is 22.0 Å². The zero-order valence-electron chi connectivity index (χ0n) is 14.5. The van der Waals surface area contributed by atoms with Crippen LogP contribution in [0.4, 0.5) is 5.82 Å². The largest absolute Gasteiger partial charge is 0.381 e. The fraction of sp³-hybridized carbons (Fsp3) is 0.412. The van der Waals surface area contributed by atoms with Crippen molar-refractivity contribution in [2.45, 2.75) is 12.3 Å². The van der Waals surface area contributed by atoms with Crippen molar-refractivity contribution in [1.82, 2.24) is 24.3 Å². The molecule has 3 aromatic rings. The zero-order valence-corrected chi connectivity index (χ0v) is 15.3. The topological polar surface area (TPSA) is 84.6 Å². The molecule has 1 atom stereocenters. The molecule has 4 rings (SSSR count). The van der Waals surface area contributed by atoms with Gasteiger partial charge >= 0.3 is 0 Å². The van der Waals surface area contributed by atoms with Gasteiger partial charge in [0.2, 0.25) is 0 Å². The molecule has 1 aliphatic rings. The third-order valence-corrected chi connectivity index (χ3v) is 5.22. The summed E-state index contributed by atoms with van der Waals surface area (Å²) in [6, 6.07) is 1.96. The SMILES string of the molecule is CN(CCNc1cc([C@@H]2CCOC2)ncn1)C(=O)c1cn2ccsc2n1. The van der Waals surface area contributed by atoms with Gasteiger partial charge in [0.25, 0.3) is 5.91 Å². The third-order valence-electron chi connectivity index (χ3n) is 4.45. The molecule has 136 valence electrons. The molecule has 0 saturated carbocycles. The number of nitrogens with zero attached hydrogens (tertiary/aromatic N) is 5. The number of rotatable bonds is 6. The number of carbonyl (C=O) groups excluding carboxylic acids is 1. The van der Waals surface area contributed by atoms with E-state index < -0.39 is 0 Å². The van der Waals surface area contributed by atoms with E-state index in [-0.39, 0.29) is 5.91 Å². The Balaban J connectivity index is 1.31. The molecule has 0 bridgehead atoms. The van der Waals surface area contributed by atoms with Crippen molar-refractivity contribution >= 4 is 28.0 Å². The van der Waals surface area contributed by atoms with Crippen molar-refractivity contribution in [2.24, 2.45) is 0 Å². The number of likely N-dealkylation sites (N-methyl/N-ethyl adjacent to an activating group) is 1. The van der Waals surface area contributed by atoms with Gasteiger partial charge in [-0.2, -0.15) is 0 Å². The zero-order chi connectivity index (χ0) is 17.9. The molecule has 1 fully saturated rings. The molecular weight excluding hydrogens is 352 g/mol. The van der Waals surface area contributed by atoms with Crippen LogP contribution in [0.15, 0.2) is 30.2 Å². The number of hydrogen-bond acceptors (Lipinski definition) is 7. The summed E-state index contributed by atoms with van der Waals surface area (Å²) < 4.78 is 7.28. The van der Waals surface area contributed by atoms with E-state index in [9.17, 15) is 4.79 Å². The van der Waals surface area contributed by atoms with Crippen LogP contribution >= 0.6 is 11.3 Å². The Bertz CT molecular complexity index is 873. The number of carbonyl (C=O) groups is 1. The fourth-order valence-electron chi connectivity index (χ4n) is 2.94. The van der Waals surface area contributed by atoms with Crippen LogP contribution in [-0.2, 0) is 4.74 Å². The second kappa shape index (κ2) is 7.38. The smallest absolute Gasteiger partial charge is 0.273 e. The van der Waals surface area contributed by atoms with Crippen LogP contribution in [0.5, 0.6) is 0 Å². The molecule has 0 radical (unpaired) electrons. The lowest BCUT2D eigenvalue weighted by molar-refractivity contribution is 0.0795. The van der Waals surface area contributed by atoms with E-state index in [1.165, 1.54) is 11.3 Å². The maximum absolute atomic E-state index is 12.5. The average molecular weight is 372 g/mol. The molecule has 1 saturated heterocycles. The number of nitrogens with one attached hydrogen (secondary N) is 1. The van der Waals surface area contributed by atoms with Gasteiger partial charge in [-0.15, -0.1) is 11.3 Å². The van der Waals surface area contributed by atoms with Crippen molar-refractivity contribution in [3.63, 3.8) is 0 Å². The summed E-state index contributed by atoms with van der Waals surface area (Å²) in [7, 11) is 1.78. The second-order valence-corrected chi connectivity index (χ2v) is 7.13. The van der Waals surface area contributed by atoms with E-state index in [0.717, 1.165) is 36.1 Å². The van der Waals surface area contributed by atoms with Crippen molar-refractivity contribution in [2.75, 3.05) is 38.7 Å². The summed E-state index contributed by atoms with van der Waals surface area (Å²) in [5.41, 5.74) is 1.47.